The van der Waals surface area contributed by atoms with Crippen LogP contribution in [-0.4, -0.2) is 55.7 Å². The highest BCUT2D eigenvalue weighted by Crippen LogP contribution is 2.23. The van der Waals surface area contributed by atoms with Crippen molar-refractivity contribution in [2.45, 2.75) is 6.04 Å². The van der Waals surface area contributed by atoms with Crippen molar-refractivity contribution in [3.05, 3.63) is 58.7 Å². The van der Waals surface area contributed by atoms with Crippen molar-refractivity contribution < 1.29 is 14.3 Å². The van der Waals surface area contributed by atoms with Crippen LogP contribution in [0.1, 0.15) is 22.0 Å². The van der Waals surface area contributed by atoms with Crippen molar-refractivity contribution in [3.63, 3.8) is 0 Å². The summed E-state index contributed by atoms with van der Waals surface area (Å²) in [7, 11) is 1.50. The van der Waals surface area contributed by atoms with Gasteiger partial charge in [0.1, 0.15) is 5.56 Å². The van der Waals surface area contributed by atoms with E-state index in [4.69, 9.17) is 21.1 Å². The third-order valence-electron chi connectivity index (χ3n) is 4.41. The van der Waals surface area contributed by atoms with Gasteiger partial charge in [0.05, 0.1) is 26.4 Å². The zero-order chi connectivity index (χ0) is 18.4. The van der Waals surface area contributed by atoms with Gasteiger partial charge in [0.15, 0.2) is 0 Å². The van der Waals surface area contributed by atoms with E-state index in [-0.39, 0.29) is 11.9 Å². The minimum atomic E-state index is -0.206. The molecule has 1 amide bonds. The summed E-state index contributed by atoms with van der Waals surface area (Å²) in [5, 5.41) is 3.70. The van der Waals surface area contributed by atoms with E-state index in [0.717, 1.165) is 18.7 Å². The van der Waals surface area contributed by atoms with Gasteiger partial charge in [-0.2, -0.15) is 0 Å². The van der Waals surface area contributed by atoms with Gasteiger partial charge >= 0.3 is 0 Å². The van der Waals surface area contributed by atoms with Gasteiger partial charge in [0.25, 0.3) is 5.91 Å². The van der Waals surface area contributed by atoms with Crippen molar-refractivity contribution in [2.75, 3.05) is 40.0 Å². The van der Waals surface area contributed by atoms with Crippen LogP contribution in [0.15, 0.2) is 42.6 Å². The Morgan fingerprint density at radius 1 is 1.31 bits per heavy atom. The molecule has 0 aliphatic carbocycles. The molecule has 3 rings (SSSR count). The molecule has 0 spiro atoms. The van der Waals surface area contributed by atoms with Gasteiger partial charge in [-0.1, -0.05) is 23.7 Å². The van der Waals surface area contributed by atoms with Crippen LogP contribution in [0.25, 0.3) is 0 Å². The van der Waals surface area contributed by atoms with Crippen LogP contribution < -0.4 is 10.1 Å². The molecule has 1 saturated heterocycles. The number of morpholine rings is 1. The summed E-state index contributed by atoms with van der Waals surface area (Å²) in [5.74, 6) is 0.113. The Bertz CT molecular complexity index is 733. The summed E-state index contributed by atoms with van der Waals surface area (Å²) in [5.41, 5.74) is 1.53. The van der Waals surface area contributed by atoms with Crippen molar-refractivity contribution in [3.8, 4) is 5.88 Å². The van der Waals surface area contributed by atoms with Gasteiger partial charge in [0.2, 0.25) is 5.88 Å². The quantitative estimate of drug-likeness (QED) is 0.840. The highest BCUT2D eigenvalue weighted by Gasteiger charge is 2.24. The standard InChI is InChI=1S/C19H22ClN3O3/c1-25-19-16(3-2-8-21-19)18(24)22-13-17(23-9-11-26-12-10-23)14-4-6-15(20)7-5-14/h2-8,17H,9-13H2,1H3,(H,22,24). The number of benzene rings is 1. The number of methoxy groups -OCH3 is 1. The van der Waals surface area contributed by atoms with E-state index in [1.165, 1.54) is 7.11 Å². The van der Waals surface area contributed by atoms with Crippen molar-refractivity contribution in [1.82, 2.24) is 15.2 Å². The zero-order valence-corrected chi connectivity index (χ0v) is 15.4. The Hall–Kier alpha value is -2.15. The average Bonchev–Trinajstić information content (AvgIpc) is 2.70. The fourth-order valence-corrected chi connectivity index (χ4v) is 3.17. The van der Waals surface area contributed by atoms with Crippen molar-refractivity contribution in [2.24, 2.45) is 0 Å². The van der Waals surface area contributed by atoms with Gasteiger partial charge in [-0.05, 0) is 29.8 Å². The number of nitrogens with zero attached hydrogens (tertiary/aromatic N) is 2. The number of aromatic nitrogens is 1. The second kappa shape index (κ2) is 8.98. The summed E-state index contributed by atoms with van der Waals surface area (Å²) in [6.07, 6.45) is 1.60. The van der Waals surface area contributed by atoms with E-state index in [1.54, 1.807) is 18.3 Å². The third kappa shape index (κ3) is 4.52. The third-order valence-corrected chi connectivity index (χ3v) is 4.66. The minimum Gasteiger partial charge on any atom is -0.480 e. The molecule has 26 heavy (non-hydrogen) atoms. The van der Waals surface area contributed by atoms with Gasteiger partial charge in [-0.3, -0.25) is 9.69 Å². The molecule has 1 aromatic heterocycles. The summed E-state index contributed by atoms with van der Waals surface area (Å²) in [6, 6.07) is 11.2. The summed E-state index contributed by atoms with van der Waals surface area (Å²) in [6.45, 7) is 3.49. The molecule has 1 N–H and O–H groups in total. The maximum atomic E-state index is 12.6. The molecule has 0 radical (unpaired) electrons. The molecule has 6 nitrogen and oxygen atoms in total. The molecule has 2 aromatic rings. The second-order valence-corrected chi connectivity index (χ2v) is 6.42. The Morgan fingerprint density at radius 2 is 2.04 bits per heavy atom. The Kier molecular flexibility index (Phi) is 6.44. The molecule has 1 unspecified atom stereocenters. The maximum Gasteiger partial charge on any atom is 0.256 e. The zero-order valence-electron chi connectivity index (χ0n) is 14.7. The van der Waals surface area contributed by atoms with Gasteiger partial charge in [-0.15, -0.1) is 0 Å². The Labute approximate surface area is 158 Å². The number of carbonyl (C=O) groups is 1. The van der Waals surface area contributed by atoms with E-state index < -0.39 is 0 Å². The summed E-state index contributed by atoms with van der Waals surface area (Å²) >= 11 is 6.02. The molecule has 2 heterocycles. The van der Waals surface area contributed by atoms with E-state index >= 15 is 0 Å². The normalized spacial score (nSPS) is 16.1. The molecular weight excluding hydrogens is 354 g/mol. The highest BCUT2D eigenvalue weighted by molar-refractivity contribution is 6.30. The molecule has 1 fully saturated rings. The fraction of sp³-hybridized carbons (Fsp3) is 0.368. The largest absolute Gasteiger partial charge is 0.480 e. The first-order valence-corrected chi connectivity index (χ1v) is 8.91. The molecule has 1 aliphatic rings. The number of carbonyl (C=O) groups excluding carboxylic acids is 1. The maximum absolute atomic E-state index is 12.6. The lowest BCUT2D eigenvalue weighted by Gasteiger charge is -2.35. The number of hydrogen-bond acceptors (Lipinski definition) is 5. The van der Waals surface area contributed by atoms with Crippen LogP contribution in [0, 0.1) is 0 Å². The molecule has 138 valence electrons. The van der Waals surface area contributed by atoms with Crippen LogP contribution >= 0.6 is 11.6 Å². The lowest BCUT2D eigenvalue weighted by Crippen LogP contribution is -2.43. The predicted molar refractivity (Wildman–Crippen MR) is 99.7 cm³/mol. The first kappa shape index (κ1) is 18.6. The molecule has 1 aliphatic heterocycles. The van der Waals surface area contributed by atoms with Crippen molar-refractivity contribution >= 4 is 17.5 Å². The number of halogens is 1. The van der Waals surface area contributed by atoms with E-state index in [1.807, 2.05) is 24.3 Å². The monoisotopic (exact) mass is 375 g/mol. The van der Waals surface area contributed by atoms with Gasteiger partial charge in [-0.25, -0.2) is 4.98 Å². The molecule has 1 aromatic carbocycles. The Morgan fingerprint density at radius 3 is 2.73 bits per heavy atom. The molecular formula is C19H22ClN3O3. The van der Waals surface area contributed by atoms with Crippen LogP contribution in [0.2, 0.25) is 5.02 Å². The van der Waals surface area contributed by atoms with Gasteiger partial charge in [0, 0.05) is 30.9 Å². The van der Waals surface area contributed by atoms with Crippen LogP contribution in [0.5, 0.6) is 5.88 Å². The first-order chi connectivity index (χ1) is 12.7. The molecule has 1 atom stereocenters. The molecule has 0 saturated carbocycles. The lowest BCUT2D eigenvalue weighted by molar-refractivity contribution is 0.0162. The number of pyridine rings is 1. The van der Waals surface area contributed by atoms with Crippen LogP contribution in [0.3, 0.4) is 0 Å². The number of amides is 1. The van der Waals surface area contributed by atoms with Crippen LogP contribution in [-0.2, 0) is 4.74 Å². The average molecular weight is 376 g/mol. The highest BCUT2D eigenvalue weighted by atomic mass is 35.5. The summed E-state index contributed by atoms with van der Waals surface area (Å²) < 4.78 is 10.6. The first-order valence-electron chi connectivity index (χ1n) is 8.53. The van der Waals surface area contributed by atoms with Crippen LogP contribution in [0.4, 0.5) is 0 Å². The Balaban J connectivity index is 1.75. The number of rotatable bonds is 6. The predicted octanol–water partition coefficient (Wildman–Crippen LogP) is 2.55. The van der Waals surface area contributed by atoms with Crippen molar-refractivity contribution in [1.29, 1.82) is 0 Å². The number of hydrogen-bond donors (Lipinski definition) is 1. The van der Waals surface area contributed by atoms with E-state index in [0.29, 0.717) is 36.2 Å². The SMILES string of the molecule is COc1ncccc1C(=O)NCC(c1ccc(Cl)cc1)N1CCOCC1. The topological polar surface area (TPSA) is 63.7 Å². The van der Waals surface area contributed by atoms with E-state index in [9.17, 15) is 4.79 Å². The van der Waals surface area contributed by atoms with E-state index in [2.05, 4.69) is 15.2 Å². The summed E-state index contributed by atoms with van der Waals surface area (Å²) in [4.78, 5) is 19.0. The fourth-order valence-electron chi connectivity index (χ4n) is 3.04. The lowest BCUT2D eigenvalue weighted by atomic mass is 10.0. The number of nitrogens with one attached hydrogen (secondary N) is 1. The van der Waals surface area contributed by atoms with Gasteiger partial charge < -0.3 is 14.8 Å². The minimum absolute atomic E-state index is 0.0442. The number of ether oxygens (including phenoxy) is 2. The second-order valence-electron chi connectivity index (χ2n) is 5.99. The molecule has 7 heteroatoms. The molecule has 0 bridgehead atoms. The smallest absolute Gasteiger partial charge is 0.256 e.